The van der Waals surface area contributed by atoms with E-state index in [2.05, 4.69) is 25.1 Å². The number of aromatic nitrogens is 4. The largest absolute Gasteiger partial charge is 0.366 e. The first kappa shape index (κ1) is 14.7. The van der Waals surface area contributed by atoms with Gasteiger partial charge in [0.1, 0.15) is 6.33 Å². The third kappa shape index (κ3) is 2.87. The van der Waals surface area contributed by atoms with Crippen LogP contribution in [0.25, 0.3) is 5.65 Å². The lowest BCUT2D eigenvalue weighted by molar-refractivity contribution is -0.129. The maximum absolute atomic E-state index is 11.8. The molecular formula is C14H21N7O. The molecule has 1 saturated heterocycles. The standard InChI is InChI=1S/C14H21N7O/c1-11-8-12(14-16-15-10-21(14)17-11)20-6-4-19(5-7-20)9-13(22)18(2)3/h8,10H,4-7,9H2,1-3H3. The van der Waals surface area contributed by atoms with Crippen molar-refractivity contribution in [1.29, 1.82) is 0 Å². The van der Waals surface area contributed by atoms with Gasteiger partial charge in [-0.2, -0.15) is 9.61 Å². The molecule has 0 spiro atoms. The van der Waals surface area contributed by atoms with Gasteiger partial charge in [0.2, 0.25) is 11.6 Å². The molecule has 22 heavy (non-hydrogen) atoms. The van der Waals surface area contributed by atoms with Gasteiger partial charge >= 0.3 is 0 Å². The van der Waals surface area contributed by atoms with Crippen molar-refractivity contribution < 1.29 is 4.79 Å². The Labute approximate surface area is 129 Å². The Morgan fingerprint density at radius 1 is 1.27 bits per heavy atom. The van der Waals surface area contributed by atoms with E-state index in [4.69, 9.17) is 0 Å². The third-order valence-corrected chi connectivity index (χ3v) is 3.94. The van der Waals surface area contributed by atoms with Gasteiger partial charge < -0.3 is 9.80 Å². The number of fused-ring (bicyclic) bond motifs is 1. The molecule has 3 rings (SSSR count). The fourth-order valence-corrected chi connectivity index (χ4v) is 2.65. The minimum Gasteiger partial charge on any atom is -0.366 e. The van der Waals surface area contributed by atoms with Gasteiger partial charge in [-0.05, 0) is 13.0 Å². The van der Waals surface area contributed by atoms with E-state index in [1.54, 1.807) is 29.8 Å². The molecule has 0 atom stereocenters. The zero-order valence-electron chi connectivity index (χ0n) is 13.2. The van der Waals surface area contributed by atoms with E-state index >= 15 is 0 Å². The highest BCUT2D eigenvalue weighted by atomic mass is 16.2. The summed E-state index contributed by atoms with van der Waals surface area (Å²) >= 11 is 0. The van der Waals surface area contributed by atoms with Crippen LogP contribution in [0.1, 0.15) is 5.69 Å². The first-order chi connectivity index (χ1) is 10.5. The van der Waals surface area contributed by atoms with Crippen molar-refractivity contribution in [2.24, 2.45) is 0 Å². The summed E-state index contributed by atoms with van der Waals surface area (Å²) in [4.78, 5) is 17.9. The number of piperazine rings is 1. The number of aryl methyl sites for hydroxylation is 1. The summed E-state index contributed by atoms with van der Waals surface area (Å²) in [5, 5.41) is 12.5. The maximum atomic E-state index is 11.8. The smallest absolute Gasteiger partial charge is 0.236 e. The second-order valence-electron chi connectivity index (χ2n) is 5.82. The fourth-order valence-electron chi connectivity index (χ4n) is 2.65. The van der Waals surface area contributed by atoms with Gasteiger partial charge in [0.25, 0.3) is 0 Å². The molecule has 0 radical (unpaired) electrons. The van der Waals surface area contributed by atoms with Gasteiger partial charge in [-0.1, -0.05) is 0 Å². The summed E-state index contributed by atoms with van der Waals surface area (Å²) in [5.41, 5.74) is 2.78. The highest BCUT2D eigenvalue weighted by Gasteiger charge is 2.22. The van der Waals surface area contributed by atoms with E-state index < -0.39 is 0 Å². The van der Waals surface area contributed by atoms with Crippen molar-refractivity contribution in [2.45, 2.75) is 6.92 Å². The summed E-state index contributed by atoms with van der Waals surface area (Å²) < 4.78 is 1.71. The lowest BCUT2D eigenvalue weighted by atomic mass is 10.2. The number of carbonyl (C=O) groups is 1. The van der Waals surface area contributed by atoms with Gasteiger partial charge in [-0.15, -0.1) is 10.2 Å². The number of amides is 1. The molecule has 0 aliphatic carbocycles. The van der Waals surface area contributed by atoms with Gasteiger partial charge in [0.15, 0.2) is 0 Å². The van der Waals surface area contributed by atoms with Crippen molar-refractivity contribution in [3.63, 3.8) is 0 Å². The highest BCUT2D eigenvalue weighted by Crippen LogP contribution is 2.21. The lowest BCUT2D eigenvalue weighted by Gasteiger charge is -2.36. The van der Waals surface area contributed by atoms with Crippen molar-refractivity contribution in [3.05, 3.63) is 18.1 Å². The third-order valence-electron chi connectivity index (χ3n) is 3.94. The zero-order valence-corrected chi connectivity index (χ0v) is 13.2. The van der Waals surface area contributed by atoms with Crippen LogP contribution in [0.3, 0.4) is 0 Å². The van der Waals surface area contributed by atoms with Crippen LogP contribution >= 0.6 is 0 Å². The number of hydrogen-bond acceptors (Lipinski definition) is 6. The molecule has 3 heterocycles. The first-order valence-corrected chi connectivity index (χ1v) is 7.40. The summed E-state index contributed by atoms with van der Waals surface area (Å²) in [7, 11) is 3.58. The van der Waals surface area contributed by atoms with E-state index in [1.165, 1.54) is 0 Å². The topological polar surface area (TPSA) is 69.9 Å². The molecular weight excluding hydrogens is 282 g/mol. The summed E-state index contributed by atoms with van der Waals surface area (Å²) in [6.45, 7) is 5.91. The van der Waals surface area contributed by atoms with Crippen LogP contribution in [0, 0.1) is 6.92 Å². The summed E-state index contributed by atoms with van der Waals surface area (Å²) in [5.74, 6) is 0.146. The van der Waals surface area contributed by atoms with Gasteiger partial charge in [0.05, 0.1) is 17.9 Å². The van der Waals surface area contributed by atoms with Gasteiger partial charge in [-0.3, -0.25) is 9.69 Å². The Morgan fingerprint density at radius 2 is 2.00 bits per heavy atom. The van der Waals surface area contributed by atoms with Gasteiger partial charge in [0, 0.05) is 40.3 Å². The molecule has 8 heteroatoms. The molecule has 2 aromatic rings. The Bertz CT molecular complexity index is 673. The fraction of sp³-hybridized carbons (Fsp3) is 0.571. The second kappa shape index (κ2) is 5.88. The Hall–Kier alpha value is -2.22. The van der Waals surface area contributed by atoms with Crippen molar-refractivity contribution >= 4 is 17.2 Å². The monoisotopic (exact) mass is 303 g/mol. The van der Waals surface area contributed by atoms with Crippen LogP contribution in [0.15, 0.2) is 12.4 Å². The van der Waals surface area contributed by atoms with Crippen molar-refractivity contribution in [3.8, 4) is 0 Å². The lowest BCUT2D eigenvalue weighted by Crippen LogP contribution is -2.49. The Kier molecular flexibility index (Phi) is 3.93. The van der Waals surface area contributed by atoms with E-state index in [9.17, 15) is 4.79 Å². The zero-order chi connectivity index (χ0) is 15.7. The molecule has 8 nitrogen and oxygen atoms in total. The quantitative estimate of drug-likeness (QED) is 0.771. The van der Waals surface area contributed by atoms with Crippen LogP contribution in [-0.2, 0) is 4.79 Å². The molecule has 0 unspecified atom stereocenters. The van der Waals surface area contributed by atoms with E-state index in [0.717, 1.165) is 43.2 Å². The van der Waals surface area contributed by atoms with Crippen LogP contribution in [0.5, 0.6) is 0 Å². The number of hydrogen-bond donors (Lipinski definition) is 0. The molecule has 0 aromatic carbocycles. The van der Waals surface area contributed by atoms with E-state index in [-0.39, 0.29) is 5.91 Å². The minimum absolute atomic E-state index is 0.146. The number of carbonyl (C=O) groups excluding carboxylic acids is 1. The number of anilines is 1. The van der Waals surface area contributed by atoms with Crippen LogP contribution in [-0.4, -0.2) is 82.3 Å². The van der Waals surface area contributed by atoms with Crippen LogP contribution < -0.4 is 4.90 Å². The predicted molar refractivity (Wildman–Crippen MR) is 82.9 cm³/mol. The second-order valence-corrected chi connectivity index (χ2v) is 5.82. The normalized spacial score (nSPS) is 16.2. The summed E-state index contributed by atoms with van der Waals surface area (Å²) in [6, 6.07) is 2.05. The van der Waals surface area contributed by atoms with Crippen molar-refractivity contribution in [1.82, 2.24) is 29.6 Å². The average Bonchev–Trinajstić information content (AvgIpc) is 2.95. The molecule has 1 fully saturated rings. The molecule has 2 aromatic heterocycles. The Balaban J connectivity index is 1.70. The number of rotatable bonds is 3. The minimum atomic E-state index is 0.146. The maximum Gasteiger partial charge on any atom is 0.236 e. The number of nitrogens with zero attached hydrogens (tertiary/aromatic N) is 7. The molecule has 118 valence electrons. The average molecular weight is 303 g/mol. The van der Waals surface area contributed by atoms with E-state index in [1.807, 2.05) is 13.0 Å². The predicted octanol–water partition coefficient (Wildman–Crippen LogP) is -0.357. The molecule has 0 bridgehead atoms. The van der Waals surface area contributed by atoms with Crippen molar-refractivity contribution in [2.75, 3.05) is 51.7 Å². The molecule has 0 N–H and O–H groups in total. The SMILES string of the molecule is Cc1cc(N2CCN(CC(=O)N(C)C)CC2)c2nncn2n1. The molecule has 1 aliphatic heterocycles. The highest BCUT2D eigenvalue weighted by molar-refractivity contribution is 5.77. The van der Waals surface area contributed by atoms with Crippen LogP contribution in [0.4, 0.5) is 5.69 Å². The molecule has 0 saturated carbocycles. The Morgan fingerprint density at radius 3 is 2.68 bits per heavy atom. The van der Waals surface area contributed by atoms with Crippen LogP contribution in [0.2, 0.25) is 0 Å². The number of likely N-dealkylation sites (N-methyl/N-ethyl adjacent to an activating group) is 1. The first-order valence-electron chi connectivity index (χ1n) is 7.40. The molecule has 1 amide bonds. The van der Waals surface area contributed by atoms with E-state index in [0.29, 0.717) is 6.54 Å². The molecule has 1 aliphatic rings. The van der Waals surface area contributed by atoms with Gasteiger partial charge in [-0.25, -0.2) is 0 Å². The summed E-state index contributed by atoms with van der Waals surface area (Å²) in [6.07, 6.45) is 1.62.